The van der Waals surface area contributed by atoms with Gasteiger partial charge >= 0.3 is 12.3 Å². The first-order valence-corrected chi connectivity index (χ1v) is 8.11. The Labute approximate surface area is 142 Å². The van der Waals surface area contributed by atoms with Crippen molar-refractivity contribution in [3.63, 3.8) is 0 Å². The summed E-state index contributed by atoms with van der Waals surface area (Å²) in [7, 11) is 1.32. The van der Waals surface area contributed by atoms with Crippen molar-refractivity contribution in [1.29, 1.82) is 0 Å². The fourth-order valence-electron chi connectivity index (χ4n) is 3.15. The molecule has 0 radical (unpaired) electrons. The molecule has 2 amide bonds. The van der Waals surface area contributed by atoms with Crippen molar-refractivity contribution in [2.24, 2.45) is 17.8 Å². The van der Waals surface area contributed by atoms with E-state index >= 15 is 0 Å². The van der Waals surface area contributed by atoms with E-state index in [1.807, 2.05) is 0 Å². The van der Waals surface area contributed by atoms with Gasteiger partial charge in [-0.05, 0) is 38.5 Å². The number of alkyl halides is 3. The lowest BCUT2D eigenvalue weighted by Crippen LogP contribution is -2.51. The van der Waals surface area contributed by atoms with E-state index in [2.05, 4.69) is 20.3 Å². The van der Waals surface area contributed by atoms with Crippen LogP contribution < -0.4 is 10.9 Å². The van der Waals surface area contributed by atoms with Gasteiger partial charge in [0.2, 0.25) is 11.8 Å². The van der Waals surface area contributed by atoms with Crippen LogP contribution in [0, 0.1) is 17.8 Å². The minimum Gasteiger partial charge on any atom is -0.469 e. The minimum absolute atomic E-state index is 0.0363. The highest BCUT2D eigenvalue weighted by molar-refractivity contribution is 5.85. The molecular weight excluding hydrogens is 345 g/mol. The number of nitrogens with one attached hydrogen (secondary N) is 2. The number of hydrazine groups is 1. The maximum Gasteiger partial charge on any atom is 0.522 e. The molecule has 0 saturated heterocycles. The normalized spacial score (nSPS) is 29.3. The number of carbonyl (C=O) groups excluding carboxylic acids is 3. The maximum absolute atomic E-state index is 12.0. The fourth-order valence-corrected chi connectivity index (χ4v) is 3.15. The number of amides is 2. The van der Waals surface area contributed by atoms with Gasteiger partial charge in [-0.1, -0.05) is 0 Å². The van der Waals surface area contributed by atoms with Gasteiger partial charge in [0.1, 0.15) is 0 Å². The van der Waals surface area contributed by atoms with Crippen LogP contribution >= 0.6 is 0 Å². The third-order valence-electron chi connectivity index (χ3n) is 4.71. The molecule has 7 nitrogen and oxygen atoms in total. The molecule has 142 valence electrons. The summed E-state index contributed by atoms with van der Waals surface area (Å²) in [6.07, 6.45) is -3.70. The summed E-state index contributed by atoms with van der Waals surface area (Å²) in [5.41, 5.74) is 4.55. The molecule has 0 spiro atoms. The second kappa shape index (κ2) is 8.03. The van der Waals surface area contributed by atoms with E-state index in [9.17, 15) is 27.6 Å². The van der Waals surface area contributed by atoms with E-state index in [1.165, 1.54) is 7.11 Å². The number of hydrogen-bond donors (Lipinski definition) is 2. The Kier molecular flexibility index (Phi) is 6.26. The number of ether oxygens (including phenoxy) is 2. The average molecular weight is 366 g/mol. The highest BCUT2D eigenvalue weighted by atomic mass is 19.4. The smallest absolute Gasteiger partial charge is 0.469 e. The predicted molar refractivity (Wildman–Crippen MR) is 77.4 cm³/mol. The van der Waals surface area contributed by atoms with E-state index in [4.69, 9.17) is 0 Å². The molecule has 0 aromatic rings. The summed E-state index contributed by atoms with van der Waals surface area (Å²) in [4.78, 5) is 35.2. The van der Waals surface area contributed by atoms with Crippen LogP contribution in [-0.4, -0.2) is 37.4 Å². The Morgan fingerprint density at radius 2 is 1.36 bits per heavy atom. The molecule has 2 aliphatic rings. The molecule has 25 heavy (non-hydrogen) atoms. The standard InChI is InChI=1S/C15H21F3N2O5/c1-24-14(23)9-4-2-8(3-5-9)12(21)19-20-13(22)10-6-11(7-10)25-15(16,17)18/h8-11H,2-7H2,1H3,(H,19,21)(H,20,22)/t8-,9-,10-,11+. The largest absolute Gasteiger partial charge is 0.522 e. The van der Waals surface area contributed by atoms with Crippen molar-refractivity contribution < 1.29 is 37.0 Å². The van der Waals surface area contributed by atoms with Crippen LogP contribution in [0.25, 0.3) is 0 Å². The lowest BCUT2D eigenvalue weighted by molar-refractivity contribution is -0.353. The van der Waals surface area contributed by atoms with E-state index in [0.717, 1.165) is 0 Å². The van der Waals surface area contributed by atoms with Gasteiger partial charge in [-0.3, -0.25) is 30.0 Å². The Balaban J connectivity index is 1.64. The monoisotopic (exact) mass is 366 g/mol. The number of esters is 1. The summed E-state index contributed by atoms with van der Waals surface area (Å²) in [6.45, 7) is 0. The van der Waals surface area contributed by atoms with E-state index < -0.39 is 24.3 Å². The Hall–Kier alpha value is -1.84. The molecule has 0 heterocycles. The summed E-state index contributed by atoms with van der Waals surface area (Å²) in [5.74, 6) is -2.30. The van der Waals surface area contributed by atoms with Crippen LogP contribution in [0.15, 0.2) is 0 Å². The van der Waals surface area contributed by atoms with Crippen molar-refractivity contribution in [2.75, 3.05) is 7.11 Å². The van der Waals surface area contributed by atoms with Gasteiger partial charge in [0.15, 0.2) is 0 Å². The van der Waals surface area contributed by atoms with Gasteiger partial charge < -0.3 is 4.74 Å². The van der Waals surface area contributed by atoms with Crippen LogP contribution in [0.4, 0.5) is 13.2 Å². The van der Waals surface area contributed by atoms with Crippen LogP contribution in [0.3, 0.4) is 0 Å². The number of methoxy groups -OCH3 is 1. The molecule has 2 rings (SSSR count). The number of halogens is 3. The topological polar surface area (TPSA) is 93.7 Å². The SMILES string of the molecule is COC(=O)[C@H]1CC[C@H](C(=O)NNC(=O)[C@H]2C[C@@H](OC(F)(F)F)C2)CC1. The number of rotatable bonds is 4. The van der Waals surface area contributed by atoms with Crippen molar-refractivity contribution in [1.82, 2.24) is 10.9 Å². The minimum atomic E-state index is -4.70. The molecule has 0 atom stereocenters. The Bertz CT molecular complexity index is 512. The second-order valence-electron chi connectivity index (χ2n) is 6.40. The molecule has 0 aliphatic heterocycles. The first kappa shape index (κ1) is 19.5. The summed E-state index contributed by atoms with van der Waals surface area (Å²) < 4.78 is 44.5. The highest BCUT2D eigenvalue weighted by Gasteiger charge is 2.42. The van der Waals surface area contributed by atoms with Crippen molar-refractivity contribution >= 4 is 17.8 Å². The van der Waals surface area contributed by atoms with Crippen molar-refractivity contribution in [2.45, 2.75) is 51.0 Å². The van der Waals surface area contributed by atoms with Crippen LogP contribution in [0.1, 0.15) is 38.5 Å². The molecule has 0 unspecified atom stereocenters. The second-order valence-corrected chi connectivity index (χ2v) is 6.40. The van der Waals surface area contributed by atoms with Crippen molar-refractivity contribution in [3.8, 4) is 0 Å². The van der Waals surface area contributed by atoms with E-state index in [1.54, 1.807) is 0 Å². The summed E-state index contributed by atoms with van der Waals surface area (Å²) >= 11 is 0. The third kappa shape index (κ3) is 5.58. The number of carbonyl (C=O) groups is 3. The molecule has 0 bridgehead atoms. The van der Waals surface area contributed by atoms with Crippen LogP contribution in [0.5, 0.6) is 0 Å². The highest BCUT2D eigenvalue weighted by Crippen LogP contribution is 2.34. The maximum atomic E-state index is 12.0. The molecule has 10 heteroatoms. The first-order valence-electron chi connectivity index (χ1n) is 8.11. The zero-order valence-electron chi connectivity index (χ0n) is 13.7. The summed E-state index contributed by atoms with van der Waals surface area (Å²) in [5, 5.41) is 0. The molecule has 0 aromatic heterocycles. The predicted octanol–water partition coefficient (Wildman–Crippen LogP) is 1.43. The number of hydrogen-bond acceptors (Lipinski definition) is 5. The molecule has 2 aliphatic carbocycles. The van der Waals surface area contributed by atoms with Gasteiger partial charge in [-0.15, -0.1) is 13.2 Å². The molecule has 2 saturated carbocycles. The van der Waals surface area contributed by atoms with Crippen LogP contribution in [-0.2, 0) is 23.9 Å². The third-order valence-corrected chi connectivity index (χ3v) is 4.71. The van der Waals surface area contributed by atoms with Crippen LogP contribution in [0.2, 0.25) is 0 Å². The zero-order valence-corrected chi connectivity index (χ0v) is 13.7. The van der Waals surface area contributed by atoms with Gasteiger partial charge in [0.05, 0.1) is 19.1 Å². The van der Waals surface area contributed by atoms with Gasteiger partial charge in [-0.25, -0.2) is 0 Å². The average Bonchev–Trinajstić information content (AvgIpc) is 2.53. The molecular formula is C15H21F3N2O5. The van der Waals surface area contributed by atoms with E-state index in [-0.39, 0.29) is 36.6 Å². The van der Waals surface area contributed by atoms with E-state index in [0.29, 0.717) is 25.7 Å². The van der Waals surface area contributed by atoms with Gasteiger partial charge in [0, 0.05) is 11.8 Å². The van der Waals surface area contributed by atoms with Gasteiger partial charge in [-0.2, -0.15) is 0 Å². The quantitative estimate of drug-likeness (QED) is 0.580. The van der Waals surface area contributed by atoms with Gasteiger partial charge in [0.25, 0.3) is 0 Å². The Morgan fingerprint density at radius 3 is 1.84 bits per heavy atom. The zero-order chi connectivity index (χ0) is 18.6. The lowest BCUT2D eigenvalue weighted by Gasteiger charge is -2.34. The molecule has 0 aromatic carbocycles. The Morgan fingerprint density at radius 1 is 0.880 bits per heavy atom. The lowest BCUT2D eigenvalue weighted by atomic mass is 9.81. The first-order chi connectivity index (χ1) is 11.7. The van der Waals surface area contributed by atoms with Crippen molar-refractivity contribution in [3.05, 3.63) is 0 Å². The molecule has 2 N–H and O–H groups in total. The molecule has 2 fully saturated rings. The fraction of sp³-hybridized carbons (Fsp3) is 0.800. The summed E-state index contributed by atoms with van der Waals surface area (Å²) in [6, 6.07) is 0.